The van der Waals surface area contributed by atoms with Gasteiger partial charge in [0, 0.05) is 57.7 Å². The Bertz CT molecular complexity index is 1300. The minimum absolute atomic E-state index is 0.0887. The summed E-state index contributed by atoms with van der Waals surface area (Å²) in [5, 5.41) is 63.1. The maximum atomic E-state index is 14.4. The van der Waals surface area contributed by atoms with Gasteiger partial charge < -0.3 is 68.9 Å². The molecule has 4 fully saturated rings. The van der Waals surface area contributed by atoms with Crippen molar-refractivity contribution in [2.24, 2.45) is 17.8 Å². The molecule has 4 saturated heterocycles. The Balaban J connectivity index is 1.79. The predicted octanol–water partition coefficient (Wildman–Crippen LogP) is 1.26. The van der Waals surface area contributed by atoms with E-state index in [1.807, 2.05) is 46.7 Å². The van der Waals surface area contributed by atoms with Crippen LogP contribution in [0, 0.1) is 17.8 Å². The van der Waals surface area contributed by atoms with Crippen LogP contribution in [-0.2, 0) is 38.0 Å². The third kappa shape index (κ3) is 10.9. The van der Waals surface area contributed by atoms with Crippen LogP contribution >= 0.6 is 0 Å². The van der Waals surface area contributed by atoms with Crippen LogP contribution in [0.1, 0.15) is 94.9 Å². The van der Waals surface area contributed by atoms with Gasteiger partial charge in [-0.1, -0.05) is 20.8 Å². The zero-order chi connectivity index (χ0) is 43.5. The molecule has 0 amide bonds. The van der Waals surface area contributed by atoms with Gasteiger partial charge in [0.15, 0.2) is 12.6 Å². The molecule has 58 heavy (non-hydrogen) atoms. The molecule has 16 nitrogen and oxygen atoms in total. The third-order valence-electron chi connectivity index (χ3n) is 13.8. The number of hydrogen-bond acceptors (Lipinski definition) is 16. The lowest BCUT2D eigenvalue weighted by atomic mass is 9.75. The SMILES string of the molecule is CC[C@@H]1OC(=O)[C@H](C)[C@H](OC2C[C@@](C)(OC)[C@](O)(CN3CCOCC3)[C@H](C)O2)[C@@H](C)[C@@H](O[C@@H]2O[C@H](C)C[C@H](N(C)C)[C@H]2O)[C@](C)(O)C[C@@H](C)NC[C@@H](C)[C@H](O)[C@]1(C)O. The van der Waals surface area contributed by atoms with Crippen LogP contribution in [0.25, 0.3) is 0 Å². The first-order chi connectivity index (χ1) is 26.9. The molecular weight excluding hydrogens is 754 g/mol. The highest BCUT2D eigenvalue weighted by Crippen LogP contribution is 2.44. The van der Waals surface area contributed by atoms with E-state index < -0.39 is 95.3 Å². The van der Waals surface area contributed by atoms with Gasteiger partial charge in [-0.25, -0.2) is 0 Å². The van der Waals surface area contributed by atoms with Crippen LogP contribution in [0.4, 0.5) is 0 Å². The van der Waals surface area contributed by atoms with Crippen LogP contribution in [0.5, 0.6) is 0 Å². The van der Waals surface area contributed by atoms with E-state index in [1.165, 1.54) is 6.92 Å². The first-order valence-electron chi connectivity index (χ1n) is 21.5. The van der Waals surface area contributed by atoms with Gasteiger partial charge in [-0.3, -0.25) is 9.69 Å². The highest BCUT2D eigenvalue weighted by Gasteiger charge is 2.59. The maximum absolute atomic E-state index is 14.4. The third-order valence-corrected chi connectivity index (χ3v) is 13.8. The molecule has 6 N–H and O–H groups in total. The van der Waals surface area contributed by atoms with E-state index in [4.69, 9.17) is 33.2 Å². The van der Waals surface area contributed by atoms with Crippen LogP contribution in [0.15, 0.2) is 0 Å². The summed E-state index contributed by atoms with van der Waals surface area (Å²) in [6.07, 6.45) is -7.67. The number of aliphatic hydroxyl groups is 5. The summed E-state index contributed by atoms with van der Waals surface area (Å²) >= 11 is 0. The van der Waals surface area contributed by atoms with Gasteiger partial charge in [0.05, 0.1) is 55.3 Å². The molecule has 4 heterocycles. The number of rotatable bonds is 9. The minimum Gasteiger partial charge on any atom is -0.459 e. The van der Waals surface area contributed by atoms with Crippen LogP contribution in [0.3, 0.4) is 0 Å². The minimum atomic E-state index is -1.80. The van der Waals surface area contributed by atoms with Gasteiger partial charge in [0.1, 0.15) is 29.0 Å². The Kier molecular flexibility index (Phi) is 17.1. The molecule has 18 atom stereocenters. The molecule has 0 saturated carbocycles. The zero-order valence-electron chi connectivity index (χ0n) is 37.6. The molecule has 0 bridgehead atoms. The summed E-state index contributed by atoms with van der Waals surface area (Å²) < 4.78 is 44.1. The molecule has 0 radical (unpaired) electrons. The van der Waals surface area contributed by atoms with Crippen molar-refractivity contribution in [2.75, 3.05) is 60.6 Å². The first kappa shape index (κ1) is 49.6. The first-order valence-corrected chi connectivity index (χ1v) is 21.5. The number of β-amino-alcohol motifs (C(OH)–C–C–N with tert-alkyl or cyclic N) is 1. The molecule has 0 aliphatic carbocycles. The lowest BCUT2D eigenvalue weighted by Crippen LogP contribution is -2.70. The monoisotopic (exact) mass is 834 g/mol. The average Bonchev–Trinajstić information content (AvgIpc) is 3.15. The van der Waals surface area contributed by atoms with E-state index in [0.717, 1.165) is 0 Å². The van der Waals surface area contributed by atoms with E-state index in [2.05, 4.69) is 10.2 Å². The summed E-state index contributed by atoms with van der Waals surface area (Å²) in [5.74, 6) is -2.98. The van der Waals surface area contributed by atoms with Gasteiger partial charge in [-0.2, -0.15) is 0 Å². The highest BCUT2D eigenvalue weighted by molar-refractivity contribution is 5.73. The second-order valence-corrected chi connectivity index (χ2v) is 18.9. The smallest absolute Gasteiger partial charge is 0.311 e. The number of ether oxygens (including phenoxy) is 7. The molecule has 16 heteroatoms. The highest BCUT2D eigenvalue weighted by atomic mass is 16.7. The number of morpholine rings is 1. The van der Waals surface area contributed by atoms with Crippen molar-refractivity contribution in [2.45, 2.75) is 185 Å². The number of carbonyl (C=O) groups excluding carboxylic acids is 1. The summed E-state index contributed by atoms with van der Waals surface area (Å²) in [6.45, 7) is 20.6. The molecule has 1 unspecified atom stereocenters. The van der Waals surface area contributed by atoms with Crippen molar-refractivity contribution >= 4 is 5.97 Å². The number of nitrogens with zero attached hydrogens (tertiary/aromatic N) is 2. The molecule has 4 rings (SSSR count). The Labute approximate surface area is 347 Å². The van der Waals surface area contributed by atoms with Crippen molar-refractivity contribution in [1.29, 1.82) is 0 Å². The molecule has 0 aromatic carbocycles. The normalized spacial score (nSPS) is 48.6. The fraction of sp³-hybridized carbons (Fsp3) is 0.976. The standard InChI is InChI=1S/C42H79N3O13/c1-14-31-41(10,50)35(47)24(2)22-43-25(3)20-39(8,49)36(58-38-33(46)30(44(11)12)19-26(4)54-38)27(5)34(28(6)37(48)56-31)57-32-21-40(9,52-13)42(51,29(7)55-32)23-45-15-17-53-18-16-45/h24-36,38,43,46-47,49-51H,14-23H2,1-13H3/t24-,25-,26-,27-,28-,29+,30+,31+,32?,33-,34-,35+,36-,38+,39-,40-,41-,42+/m1/s1. The summed E-state index contributed by atoms with van der Waals surface area (Å²) in [4.78, 5) is 18.4. The Hall–Kier alpha value is -1.09. The van der Waals surface area contributed by atoms with Crippen molar-refractivity contribution in [3.05, 3.63) is 0 Å². The lowest BCUT2D eigenvalue weighted by Gasteiger charge is -2.55. The van der Waals surface area contributed by atoms with Gasteiger partial charge in [0.25, 0.3) is 0 Å². The second-order valence-electron chi connectivity index (χ2n) is 18.9. The molecule has 0 aromatic heterocycles. The second kappa shape index (κ2) is 20.0. The van der Waals surface area contributed by atoms with Crippen LogP contribution in [-0.4, -0.2) is 192 Å². The van der Waals surface area contributed by atoms with E-state index in [0.29, 0.717) is 39.3 Å². The molecule has 0 aromatic rings. The number of hydrogen-bond donors (Lipinski definition) is 6. The lowest BCUT2D eigenvalue weighted by molar-refractivity contribution is -0.339. The number of esters is 1. The van der Waals surface area contributed by atoms with Crippen LogP contribution in [0.2, 0.25) is 0 Å². The van der Waals surface area contributed by atoms with Gasteiger partial charge in [-0.05, 0) is 87.7 Å². The Morgan fingerprint density at radius 1 is 0.948 bits per heavy atom. The molecule has 4 aliphatic heterocycles. The zero-order valence-corrected chi connectivity index (χ0v) is 37.6. The molecular formula is C42H79N3O13. The molecule has 4 aliphatic rings. The van der Waals surface area contributed by atoms with E-state index in [9.17, 15) is 30.3 Å². The Morgan fingerprint density at radius 2 is 1.59 bits per heavy atom. The van der Waals surface area contributed by atoms with Crippen molar-refractivity contribution < 1.29 is 63.5 Å². The van der Waals surface area contributed by atoms with E-state index in [1.54, 1.807) is 41.7 Å². The molecule has 340 valence electrons. The van der Waals surface area contributed by atoms with E-state index >= 15 is 0 Å². The van der Waals surface area contributed by atoms with Crippen LogP contribution < -0.4 is 5.32 Å². The Morgan fingerprint density at radius 3 is 2.17 bits per heavy atom. The van der Waals surface area contributed by atoms with Crippen molar-refractivity contribution in [1.82, 2.24) is 15.1 Å². The van der Waals surface area contributed by atoms with Gasteiger partial charge in [-0.15, -0.1) is 0 Å². The summed E-state index contributed by atoms with van der Waals surface area (Å²) in [5.41, 5.74) is -6.00. The van der Waals surface area contributed by atoms with Gasteiger partial charge >= 0.3 is 5.97 Å². The van der Waals surface area contributed by atoms with Crippen molar-refractivity contribution in [3.63, 3.8) is 0 Å². The fourth-order valence-electron chi connectivity index (χ4n) is 9.80. The number of methoxy groups -OCH3 is 1. The number of cyclic esters (lactones) is 1. The quantitative estimate of drug-likeness (QED) is 0.181. The van der Waals surface area contributed by atoms with E-state index in [-0.39, 0.29) is 44.0 Å². The predicted molar refractivity (Wildman–Crippen MR) is 216 cm³/mol. The summed E-state index contributed by atoms with van der Waals surface area (Å²) in [6, 6.07) is -0.598. The fourth-order valence-corrected chi connectivity index (χ4v) is 9.80. The topological polar surface area (TPSA) is 201 Å². The number of carbonyl (C=O) groups is 1. The van der Waals surface area contributed by atoms with Crippen molar-refractivity contribution in [3.8, 4) is 0 Å². The number of aliphatic hydroxyl groups excluding tert-OH is 2. The largest absolute Gasteiger partial charge is 0.459 e. The number of likely N-dealkylation sites (N-methyl/N-ethyl adjacent to an activating group) is 1. The summed E-state index contributed by atoms with van der Waals surface area (Å²) in [7, 11) is 5.32. The number of nitrogens with one attached hydrogen (secondary N) is 1. The average molecular weight is 834 g/mol. The maximum Gasteiger partial charge on any atom is 0.311 e. The van der Waals surface area contributed by atoms with Gasteiger partial charge in [0.2, 0.25) is 0 Å². The molecule has 0 spiro atoms.